The highest BCUT2D eigenvalue weighted by Gasteiger charge is 2.34. The van der Waals surface area contributed by atoms with Gasteiger partial charge in [0.1, 0.15) is 11.5 Å². The van der Waals surface area contributed by atoms with Crippen molar-refractivity contribution in [3.8, 4) is 11.5 Å². The molecule has 2 aliphatic rings. The van der Waals surface area contributed by atoms with Crippen molar-refractivity contribution in [2.24, 2.45) is 5.41 Å². The highest BCUT2D eigenvalue weighted by atomic mass is 32.3. The minimum absolute atomic E-state index is 0.174. The highest BCUT2D eigenvalue weighted by Crippen LogP contribution is 2.38. The maximum Gasteiger partial charge on any atom is 0.256 e. The van der Waals surface area contributed by atoms with E-state index in [1.54, 1.807) is 44.4 Å². The summed E-state index contributed by atoms with van der Waals surface area (Å²) in [5.41, 5.74) is 1.68. The third-order valence-corrected chi connectivity index (χ3v) is 7.93. The molecule has 8 nitrogen and oxygen atoms in total. The van der Waals surface area contributed by atoms with Gasteiger partial charge in [-0.1, -0.05) is 30.2 Å². The van der Waals surface area contributed by atoms with Gasteiger partial charge in [-0.3, -0.25) is 4.79 Å². The molecule has 1 saturated heterocycles. The number of anilines is 1. The first kappa shape index (κ1) is 24.4. The number of rotatable bonds is 5. The normalized spacial score (nSPS) is 19.6. The molecule has 4 rings (SSSR count). The molecule has 2 aromatic carbocycles. The summed E-state index contributed by atoms with van der Waals surface area (Å²) >= 11 is 0. The summed E-state index contributed by atoms with van der Waals surface area (Å²) in [6.07, 6.45) is 1.88. The van der Waals surface area contributed by atoms with Gasteiger partial charge in [0.2, 0.25) is 0 Å². The molecule has 0 aromatic heterocycles. The molecule has 34 heavy (non-hydrogen) atoms. The third-order valence-electron chi connectivity index (χ3n) is 5.89. The zero-order chi connectivity index (χ0) is 24.5. The fraction of sp³-hybridized carbons (Fsp3) is 0.400. The number of aryl methyl sites for hydroxylation is 1. The van der Waals surface area contributed by atoms with E-state index in [0.717, 1.165) is 0 Å². The van der Waals surface area contributed by atoms with Crippen LogP contribution in [0.25, 0.3) is 5.57 Å². The number of nitrogens with one attached hydrogen (secondary N) is 1. The van der Waals surface area contributed by atoms with E-state index in [-0.39, 0.29) is 10.8 Å². The van der Waals surface area contributed by atoms with Crippen LogP contribution in [0, 0.1) is 12.3 Å². The summed E-state index contributed by atoms with van der Waals surface area (Å²) in [7, 11) is -2.14. The molecule has 0 bridgehead atoms. The van der Waals surface area contributed by atoms with Crippen LogP contribution in [0.5, 0.6) is 11.5 Å². The number of hydrogen-bond donors (Lipinski definition) is 1. The van der Waals surface area contributed by atoms with Crippen molar-refractivity contribution in [3.63, 3.8) is 0 Å². The number of amides is 1. The van der Waals surface area contributed by atoms with E-state index in [1.165, 1.54) is 10.4 Å². The number of sulfonamides is 1. The predicted octanol–water partition coefficient (Wildman–Crippen LogP) is 3.68. The Morgan fingerprint density at radius 3 is 2.62 bits per heavy atom. The number of carbonyl (C=O) groups excluding carboxylic acids is 1. The van der Waals surface area contributed by atoms with Crippen LogP contribution in [0.15, 0.2) is 47.4 Å². The number of hydrogen-bond acceptors (Lipinski definition) is 6. The van der Waals surface area contributed by atoms with Crippen molar-refractivity contribution < 1.29 is 27.8 Å². The van der Waals surface area contributed by atoms with Gasteiger partial charge in [0.15, 0.2) is 15.3 Å². The summed E-state index contributed by atoms with van der Waals surface area (Å²) in [4.78, 5) is 13.6. The average Bonchev–Trinajstić information content (AvgIpc) is 2.96. The van der Waals surface area contributed by atoms with Gasteiger partial charge in [0.25, 0.3) is 5.91 Å². The Labute approximate surface area is 201 Å². The SMILES string of the molecule is COc1ccc2c(c1)C(C(=O)Nc1ccc(C)c([S+](=O)([O-])N3CCOCC3)c1)=CC(C)(C)CO2. The molecule has 0 spiro atoms. The molecule has 1 fully saturated rings. The Balaban J connectivity index is 1.67. The molecular weight excluding hydrogens is 456 g/mol. The smallest absolute Gasteiger partial charge is 0.256 e. The van der Waals surface area contributed by atoms with Crippen molar-refractivity contribution in [1.29, 1.82) is 0 Å². The summed E-state index contributed by atoms with van der Waals surface area (Å²) in [5, 5.41) is 2.89. The van der Waals surface area contributed by atoms with Crippen LogP contribution < -0.4 is 14.8 Å². The van der Waals surface area contributed by atoms with Crippen molar-refractivity contribution >= 4 is 27.6 Å². The van der Waals surface area contributed by atoms with Gasteiger partial charge in [0.05, 0.1) is 40.0 Å². The van der Waals surface area contributed by atoms with Crippen molar-refractivity contribution in [2.45, 2.75) is 25.7 Å². The summed E-state index contributed by atoms with van der Waals surface area (Å²) in [6.45, 7) is 7.47. The van der Waals surface area contributed by atoms with Gasteiger partial charge >= 0.3 is 0 Å². The minimum Gasteiger partial charge on any atom is -0.593 e. The fourth-order valence-corrected chi connectivity index (χ4v) is 5.67. The first-order valence-electron chi connectivity index (χ1n) is 11.1. The number of fused-ring (bicyclic) bond motifs is 1. The lowest BCUT2D eigenvalue weighted by Crippen LogP contribution is -2.44. The Bertz CT molecular complexity index is 1170. The van der Waals surface area contributed by atoms with E-state index < -0.39 is 15.8 Å². The van der Waals surface area contributed by atoms with Gasteiger partial charge in [-0.25, -0.2) is 0 Å². The van der Waals surface area contributed by atoms with E-state index in [1.807, 2.05) is 19.9 Å². The molecule has 1 N–H and O–H groups in total. The zero-order valence-corrected chi connectivity index (χ0v) is 20.7. The molecule has 1 amide bonds. The van der Waals surface area contributed by atoms with Crippen LogP contribution in [0.4, 0.5) is 5.69 Å². The molecule has 0 saturated carbocycles. The zero-order valence-electron chi connectivity index (χ0n) is 19.9. The lowest BCUT2D eigenvalue weighted by molar-refractivity contribution is -0.111. The largest absolute Gasteiger partial charge is 0.593 e. The Kier molecular flexibility index (Phi) is 6.82. The molecule has 182 valence electrons. The van der Waals surface area contributed by atoms with Gasteiger partial charge < -0.3 is 24.1 Å². The second kappa shape index (κ2) is 9.50. The lowest BCUT2D eigenvalue weighted by Gasteiger charge is -2.30. The van der Waals surface area contributed by atoms with E-state index >= 15 is 0 Å². The third kappa shape index (κ3) is 5.02. The number of nitrogens with zero attached hydrogens (tertiary/aromatic N) is 1. The van der Waals surface area contributed by atoms with Crippen LogP contribution in [-0.2, 0) is 24.1 Å². The monoisotopic (exact) mass is 486 g/mol. The number of benzene rings is 2. The Morgan fingerprint density at radius 1 is 1.18 bits per heavy atom. The first-order valence-corrected chi connectivity index (χ1v) is 12.6. The fourth-order valence-electron chi connectivity index (χ4n) is 4.01. The highest BCUT2D eigenvalue weighted by molar-refractivity contribution is 7.95. The van der Waals surface area contributed by atoms with E-state index in [9.17, 15) is 13.6 Å². The van der Waals surface area contributed by atoms with Gasteiger partial charge in [-0.15, -0.1) is 4.31 Å². The average molecular weight is 487 g/mol. The van der Waals surface area contributed by atoms with Crippen molar-refractivity contribution in [3.05, 3.63) is 53.6 Å². The maximum absolute atomic E-state index is 13.5. The number of morpholine rings is 1. The van der Waals surface area contributed by atoms with Gasteiger partial charge in [-0.05, 0) is 31.2 Å². The Morgan fingerprint density at radius 2 is 1.91 bits per heavy atom. The first-order chi connectivity index (χ1) is 16.1. The number of carbonyl (C=O) groups is 1. The summed E-state index contributed by atoms with van der Waals surface area (Å²) < 4.78 is 44.5. The van der Waals surface area contributed by atoms with Crippen molar-refractivity contribution in [1.82, 2.24) is 4.31 Å². The molecule has 1 unspecified atom stereocenters. The van der Waals surface area contributed by atoms with Gasteiger partial charge in [-0.2, -0.15) is 0 Å². The molecular formula is C25H30N2O6S. The van der Waals surface area contributed by atoms with Crippen LogP contribution in [0.3, 0.4) is 0 Å². The van der Waals surface area contributed by atoms with E-state index in [4.69, 9.17) is 14.2 Å². The quantitative estimate of drug-likeness (QED) is 0.647. The second-order valence-corrected chi connectivity index (χ2v) is 11.1. The second-order valence-electron chi connectivity index (χ2n) is 9.15. The molecule has 9 heteroatoms. The molecule has 2 heterocycles. The number of methoxy groups -OCH3 is 1. The number of ether oxygens (including phenoxy) is 3. The van der Waals surface area contributed by atoms with Crippen molar-refractivity contribution in [2.75, 3.05) is 45.3 Å². The van der Waals surface area contributed by atoms with E-state index in [2.05, 4.69) is 5.32 Å². The van der Waals surface area contributed by atoms with Crippen LogP contribution in [-0.4, -0.2) is 54.8 Å². The standard InChI is InChI=1S/C25H30N2O6S/c1-17-5-6-18(13-23(17)34(29,30)27-9-11-32-12-10-27)26-24(28)21-15-25(2,3)16-33-22-8-7-19(31-4)14-20(21)22/h5-8,13-15H,9-12,16H2,1-4H3,(H-,26,28,29,30). The molecule has 2 aromatic rings. The Hall–Kier alpha value is -2.72. The molecule has 0 radical (unpaired) electrons. The topological polar surface area (TPSA) is 100 Å². The molecule has 0 aliphatic carbocycles. The van der Waals surface area contributed by atoms with Crippen LogP contribution in [0.1, 0.15) is 25.0 Å². The lowest BCUT2D eigenvalue weighted by atomic mass is 9.90. The molecule has 2 aliphatic heterocycles. The van der Waals surface area contributed by atoms with Gasteiger partial charge in [0, 0.05) is 33.9 Å². The maximum atomic E-state index is 13.5. The summed E-state index contributed by atoms with van der Waals surface area (Å²) in [5.74, 6) is 0.842. The van der Waals surface area contributed by atoms with Crippen LogP contribution >= 0.6 is 0 Å². The van der Waals surface area contributed by atoms with E-state index in [0.29, 0.717) is 66.8 Å². The molecule has 1 atom stereocenters. The summed E-state index contributed by atoms with van der Waals surface area (Å²) in [6, 6.07) is 10.3. The minimum atomic E-state index is -3.71. The predicted molar refractivity (Wildman–Crippen MR) is 130 cm³/mol. The van der Waals surface area contributed by atoms with Crippen LogP contribution in [0.2, 0.25) is 0 Å².